The maximum atomic E-state index is 5.57. The van der Waals surface area contributed by atoms with Gasteiger partial charge in [0.15, 0.2) is 0 Å². The Labute approximate surface area is 97.8 Å². The van der Waals surface area contributed by atoms with E-state index in [0.29, 0.717) is 6.54 Å². The first kappa shape index (κ1) is 10.8. The molecule has 80 valence electrons. The molecule has 0 aromatic carbocycles. The zero-order chi connectivity index (χ0) is 10.7. The predicted octanol–water partition coefficient (Wildman–Crippen LogP) is 2.76. The predicted molar refractivity (Wildman–Crippen MR) is 66.5 cm³/mol. The lowest BCUT2D eigenvalue weighted by molar-refractivity contribution is 0.935. The van der Waals surface area contributed by atoms with Crippen molar-refractivity contribution < 1.29 is 0 Å². The number of thiazole rings is 1. The van der Waals surface area contributed by atoms with Gasteiger partial charge in [-0.15, -0.1) is 22.7 Å². The van der Waals surface area contributed by atoms with Gasteiger partial charge in [0, 0.05) is 21.7 Å². The Hall–Kier alpha value is -0.710. The smallest absolute Gasteiger partial charge is 0.0897 e. The molecule has 0 aliphatic heterocycles. The molecule has 15 heavy (non-hydrogen) atoms. The van der Waals surface area contributed by atoms with Crippen molar-refractivity contribution in [2.24, 2.45) is 5.73 Å². The Bertz CT molecular complexity index is 431. The summed E-state index contributed by atoms with van der Waals surface area (Å²) in [5.74, 6) is 0. The average molecular weight is 238 g/mol. The molecule has 0 amide bonds. The van der Waals surface area contributed by atoms with Crippen LogP contribution in [0.5, 0.6) is 0 Å². The number of aromatic nitrogens is 1. The lowest BCUT2D eigenvalue weighted by atomic mass is 10.2. The summed E-state index contributed by atoms with van der Waals surface area (Å²) < 4.78 is 0. The van der Waals surface area contributed by atoms with E-state index in [-0.39, 0.29) is 0 Å². The number of rotatable bonds is 4. The van der Waals surface area contributed by atoms with E-state index in [9.17, 15) is 0 Å². The van der Waals surface area contributed by atoms with Gasteiger partial charge < -0.3 is 5.73 Å². The van der Waals surface area contributed by atoms with Crippen molar-refractivity contribution in [2.75, 3.05) is 0 Å². The number of hydrogen-bond acceptors (Lipinski definition) is 4. The Kier molecular flexibility index (Phi) is 3.51. The number of nitrogens with zero attached hydrogens (tertiary/aromatic N) is 1. The lowest BCUT2D eigenvalue weighted by Gasteiger charge is -1.94. The minimum Gasteiger partial charge on any atom is -0.326 e. The van der Waals surface area contributed by atoms with Gasteiger partial charge in [-0.1, -0.05) is 0 Å². The Balaban J connectivity index is 1.93. The fourth-order valence-electron chi connectivity index (χ4n) is 1.44. The maximum Gasteiger partial charge on any atom is 0.0897 e. The molecule has 0 atom stereocenters. The molecule has 2 rings (SSSR count). The van der Waals surface area contributed by atoms with Crippen molar-refractivity contribution in [3.05, 3.63) is 38.0 Å². The van der Waals surface area contributed by atoms with Gasteiger partial charge in [-0.3, -0.25) is 0 Å². The summed E-state index contributed by atoms with van der Waals surface area (Å²) in [7, 11) is 0. The van der Waals surface area contributed by atoms with Gasteiger partial charge in [0.05, 0.1) is 10.7 Å². The minimum atomic E-state index is 0.653. The van der Waals surface area contributed by atoms with E-state index in [1.165, 1.54) is 15.4 Å². The molecule has 0 aliphatic carbocycles. The summed E-state index contributed by atoms with van der Waals surface area (Å²) in [5.41, 5.74) is 6.78. The van der Waals surface area contributed by atoms with Crippen LogP contribution >= 0.6 is 22.7 Å². The highest BCUT2D eigenvalue weighted by atomic mass is 32.1. The van der Waals surface area contributed by atoms with Crippen molar-refractivity contribution in [3.8, 4) is 0 Å². The fourth-order valence-corrected chi connectivity index (χ4v) is 2.98. The summed E-state index contributed by atoms with van der Waals surface area (Å²) in [5, 5.41) is 3.30. The monoisotopic (exact) mass is 238 g/mol. The van der Waals surface area contributed by atoms with Crippen molar-refractivity contribution in [1.82, 2.24) is 4.98 Å². The molecule has 0 bridgehead atoms. The van der Waals surface area contributed by atoms with Crippen molar-refractivity contribution in [1.29, 1.82) is 0 Å². The third-order valence-electron chi connectivity index (χ3n) is 2.21. The highest BCUT2D eigenvalue weighted by Gasteiger charge is 2.02. The van der Waals surface area contributed by atoms with Gasteiger partial charge in [-0.05, 0) is 31.9 Å². The highest BCUT2D eigenvalue weighted by molar-refractivity contribution is 7.12. The van der Waals surface area contributed by atoms with E-state index in [1.54, 1.807) is 11.3 Å². The summed E-state index contributed by atoms with van der Waals surface area (Å²) in [6, 6.07) is 4.29. The van der Waals surface area contributed by atoms with Gasteiger partial charge in [-0.2, -0.15) is 0 Å². The number of aryl methyl sites for hydroxylation is 3. The Morgan fingerprint density at radius 1 is 1.27 bits per heavy atom. The second kappa shape index (κ2) is 4.88. The first-order valence-corrected chi connectivity index (χ1v) is 6.66. The maximum absolute atomic E-state index is 5.57. The molecule has 2 aromatic rings. The Morgan fingerprint density at radius 3 is 2.67 bits per heavy atom. The van der Waals surface area contributed by atoms with E-state index >= 15 is 0 Å². The molecule has 2 N–H and O–H groups in total. The number of nitrogens with two attached hydrogens (primary N) is 1. The third-order valence-corrected chi connectivity index (χ3v) is 4.20. The highest BCUT2D eigenvalue weighted by Crippen LogP contribution is 2.18. The fraction of sp³-hybridized carbons (Fsp3) is 0.364. The van der Waals surface area contributed by atoms with E-state index in [1.807, 2.05) is 18.3 Å². The van der Waals surface area contributed by atoms with Crippen molar-refractivity contribution in [3.63, 3.8) is 0 Å². The summed E-state index contributed by atoms with van der Waals surface area (Å²) in [6.07, 6.45) is 2.11. The number of thiophene rings is 1. The van der Waals surface area contributed by atoms with Crippen LogP contribution < -0.4 is 5.73 Å². The molecular weight excluding hydrogens is 224 g/mol. The SMILES string of the molecule is Cc1nc(CCc2ccc(CN)s2)cs1. The molecule has 0 radical (unpaired) electrons. The van der Waals surface area contributed by atoms with Gasteiger partial charge in [0.1, 0.15) is 0 Å². The van der Waals surface area contributed by atoms with Crippen LogP contribution in [-0.2, 0) is 19.4 Å². The molecule has 2 nitrogen and oxygen atoms in total. The van der Waals surface area contributed by atoms with Crippen LogP contribution in [0.3, 0.4) is 0 Å². The molecule has 0 spiro atoms. The van der Waals surface area contributed by atoms with Crippen LogP contribution in [0, 0.1) is 6.92 Å². The molecule has 4 heteroatoms. The zero-order valence-electron chi connectivity index (χ0n) is 8.69. The van der Waals surface area contributed by atoms with Crippen LogP contribution in [0.4, 0.5) is 0 Å². The van der Waals surface area contributed by atoms with Crippen LogP contribution in [-0.4, -0.2) is 4.98 Å². The summed E-state index contributed by atoms with van der Waals surface area (Å²) in [6.45, 7) is 2.70. The van der Waals surface area contributed by atoms with Crippen LogP contribution in [0.2, 0.25) is 0 Å². The standard InChI is InChI=1S/C11H14N2S2/c1-8-13-9(7-14-8)2-3-10-4-5-11(6-12)15-10/h4-5,7H,2-3,6,12H2,1H3. The molecule has 0 saturated heterocycles. The van der Waals surface area contributed by atoms with Gasteiger partial charge in [-0.25, -0.2) is 4.98 Å². The topological polar surface area (TPSA) is 38.9 Å². The summed E-state index contributed by atoms with van der Waals surface area (Å²) in [4.78, 5) is 7.12. The van der Waals surface area contributed by atoms with Crippen LogP contribution in [0.1, 0.15) is 20.5 Å². The van der Waals surface area contributed by atoms with Crippen molar-refractivity contribution >= 4 is 22.7 Å². The molecule has 0 unspecified atom stereocenters. The van der Waals surface area contributed by atoms with Gasteiger partial charge in [0.2, 0.25) is 0 Å². The second-order valence-corrected chi connectivity index (χ2v) is 5.75. The second-order valence-electron chi connectivity index (χ2n) is 3.43. The third kappa shape index (κ3) is 2.87. The minimum absolute atomic E-state index is 0.653. The normalized spacial score (nSPS) is 10.8. The lowest BCUT2D eigenvalue weighted by Crippen LogP contribution is -1.91. The van der Waals surface area contributed by atoms with E-state index in [0.717, 1.165) is 17.8 Å². The number of hydrogen-bond donors (Lipinski definition) is 1. The molecular formula is C11H14N2S2. The van der Waals surface area contributed by atoms with E-state index in [2.05, 4.69) is 22.5 Å². The molecule has 0 saturated carbocycles. The molecule has 2 heterocycles. The van der Waals surface area contributed by atoms with Gasteiger partial charge in [0.25, 0.3) is 0 Å². The van der Waals surface area contributed by atoms with E-state index < -0.39 is 0 Å². The zero-order valence-corrected chi connectivity index (χ0v) is 10.3. The van der Waals surface area contributed by atoms with Crippen LogP contribution in [0.15, 0.2) is 17.5 Å². The molecule has 0 fully saturated rings. The van der Waals surface area contributed by atoms with Gasteiger partial charge >= 0.3 is 0 Å². The Morgan fingerprint density at radius 2 is 2.07 bits per heavy atom. The average Bonchev–Trinajstić information content (AvgIpc) is 2.83. The van der Waals surface area contributed by atoms with Crippen LogP contribution in [0.25, 0.3) is 0 Å². The van der Waals surface area contributed by atoms with Crippen molar-refractivity contribution in [2.45, 2.75) is 26.3 Å². The first-order valence-electron chi connectivity index (χ1n) is 4.96. The molecule has 2 aromatic heterocycles. The van der Waals surface area contributed by atoms with E-state index in [4.69, 9.17) is 5.73 Å². The largest absolute Gasteiger partial charge is 0.326 e. The quantitative estimate of drug-likeness (QED) is 0.889. The first-order chi connectivity index (χ1) is 7.28. The summed E-state index contributed by atoms with van der Waals surface area (Å²) >= 11 is 3.53. The molecule has 0 aliphatic rings.